The highest BCUT2D eigenvalue weighted by Crippen LogP contribution is 2.38. The Morgan fingerprint density at radius 3 is 2.11 bits per heavy atom. The van der Waals surface area contributed by atoms with Crippen molar-refractivity contribution in [3.63, 3.8) is 0 Å². The Labute approximate surface area is 158 Å². The summed E-state index contributed by atoms with van der Waals surface area (Å²) in [5.74, 6) is 0.123. The Hall–Kier alpha value is -2.32. The van der Waals surface area contributed by atoms with Crippen molar-refractivity contribution in [1.29, 1.82) is 0 Å². The molecule has 27 heavy (non-hydrogen) atoms. The van der Waals surface area contributed by atoms with Crippen LogP contribution in [-0.2, 0) is 16.6 Å². The molecule has 8 heteroatoms. The molecule has 0 bridgehead atoms. The molecule has 0 unspecified atom stereocenters. The molecule has 0 radical (unpaired) electrons. The van der Waals surface area contributed by atoms with Crippen molar-refractivity contribution >= 4 is 10.0 Å². The first-order valence-corrected chi connectivity index (χ1v) is 9.91. The number of hydrogen-bond donors (Lipinski definition) is 0. The Kier molecular flexibility index (Phi) is 5.57. The third-order valence-corrected chi connectivity index (χ3v) is 6.39. The molecule has 0 aliphatic heterocycles. The topological polar surface area (TPSA) is 65.1 Å². The summed E-state index contributed by atoms with van der Waals surface area (Å²) in [6.45, 7) is 0.158. The van der Waals surface area contributed by atoms with E-state index in [1.807, 2.05) is 0 Å². The zero-order valence-electron chi connectivity index (χ0n) is 15.4. The maximum absolute atomic E-state index is 14.6. The van der Waals surface area contributed by atoms with E-state index in [9.17, 15) is 12.8 Å². The molecule has 0 heterocycles. The van der Waals surface area contributed by atoms with Crippen molar-refractivity contribution in [2.24, 2.45) is 0 Å². The Bertz CT molecular complexity index is 910. The van der Waals surface area contributed by atoms with Crippen LogP contribution in [0.2, 0.25) is 0 Å². The molecule has 146 valence electrons. The summed E-state index contributed by atoms with van der Waals surface area (Å²) in [4.78, 5) is -0.416. The van der Waals surface area contributed by atoms with Gasteiger partial charge in [-0.15, -0.1) is 0 Å². The lowest BCUT2D eigenvalue weighted by atomic mass is 10.2. The van der Waals surface area contributed by atoms with Crippen molar-refractivity contribution in [1.82, 2.24) is 4.31 Å². The van der Waals surface area contributed by atoms with E-state index in [2.05, 4.69) is 0 Å². The molecule has 3 rings (SSSR count). The lowest BCUT2D eigenvalue weighted by Crippen LogP contribution is -2.33. The van der Waals surface area contributed by atoms with Gasteiger partial charge in [0.25, 0.3) is 0 Å². The van der Waals surface area contributed by atoms with E-state index in [0.717, 1.165) is 24.5 Å². The minimum Gasteiger partial charge on any atom is -0.497 e. The predicted molar refractivity (Wildman–Crippen MR) is 98.2 cm³/mol. The third-order valence-electron chi connectivity index (χ3n) is 4.48. The van der Waals surface area contributed by atoms with Gasteiger partial charge in [0.1, 0.15) is 16.5 Å². The fourth-order valence-corrected chi connectivity index (χ4v) is 4.58. The molecule has 0 N–H and O–H groups in total. The van der Waals surface area contributed by atoms with Crippen LogP contribution in [0, 0.1) is 5.82 Å². The highest BCUT2D eigenvalue weighted by Gasteiger charge is 2.39. The molecule has 1 aliphatic carbocycles. The Morgan fingerprint density at radius 1 is 1.00 bits per heavy atom. The lowest BCUT2D eigenvalue weighted by Gasteiger charge is -2.23. The van der Waals surface area contributed by atoms with Gasteiger partial charge >= 0.3 is 0 Å². The Morgan fingerprint density at radius 2 is 1.59 bits per heavy atom. The van der Waals surface area contributed by atoms with Crippen LogP contribution in [0.25, 0.3) is 0 Å². The number of ether oxygens (including phenoxy) is 3. The predicted octanol–water partition coefficient (Wildman–Crippen LogP) is 3.20. The zero-order chi connectivity index (χ0) is 19.6. The largest absolute Gasteiger partial charge is 0.497 e. The van der Waals surface area contributed by atoms with E-state index in [-0.39, 0.29) is 24.1 Å². The van der Waals surface area contributed by atoms with Gasteiger partial charge in [-0.25, -0.2) is 12.8 Å². The van der Waals surface area contributed by atoms with Crippen molar-refractivity contribution in [3.8, 4) is 17.2 Å². The molecule has 0 amide bonds. The van der Waals surface area contributed by atoms with Crippen molar-refractivity contribution in [2.45, 2.75) is 30.3 Å². The minimum absolute atomic E-state index is 0.135. The number of methoxy groups -OCH3 is 3. The summed E-state index contributed by atoms with van der Waals surface area (Å²) in [6.07, 6.45) is 1.51. The molecule has 1 saturated carbocycles. The molecular weight excluding hydrogens is 373 g/mol. The maximum Gasteiger partial charge on any atom is 0.246 e. The number of hydrogen-bond acceptors (Lipinski definition) is 5. The molecule has 0 saturated heterocycles. The fraction of sp³-hybridized carbons (Fsp3) is 0.368. The van der Waals surface area contributed by atoms with Crippen LogP contribution in [0.3, 0.4) is 0 Å². The summed E-state index contributed by atoms with van der Waals surface area (Å²) < 4.78 is 57.6. The summed E-state index contributed by atoms with van der Waals surface area (Å²) in [5, 5.41) is 0. The van der Waals surface area contributed by atoms with Gasteiger partial charge in [0, 0.05) is 24.7 Å². The third kappa shape index (κ3) is 4.01. The number of sulfonamides is 1. The van der Waals surface area contributed by atoms with Gasteiger partial charge in [-0.1, -0.05) is 12.1 Å². The van der Waals surface area contributed by atoms with Gasteiger partial charge in [-0.2, -0.15) is 4.31 Å². The number of benzene rings is 2. The van der Waals surface area contributed by atoms with Gasteiger partial charge in [0.05, 0.1) is 21.3 Å². The molecule has 2 aromatic carbocycles. The molecular formula is C19H22FNO5S. The molecule has 1 fully saturated rings. The number of rotatable bonds is 8. The summed E-state index contributed by atoms with van der Waals surface area (Å²) >= 11 is 0. The average Bonchev–Trinajstić information content (AvgIpc) is 3.50. The second kappa shape index (κ2) is 7.74. The molecule has 1 aliphatic rings. The van der Waals surface area contributed by atoms with Gasteiger partial charge in [0.2, 0.25) is 10.0 Å². The van der Waals surface area contributed by atoms with E-state index >= 15 is 0 Å². The fourth-order valence-electron chi connectivity index (χ4n) is 2.84. The van der Waals surface area contributed by atoms with Crippen LogP contribution in [0.1, 0.15) is 18.4 Å². The van der Waals surface area contributed by atoms with Gasteiger partial charge < -0.3 is 14.2 Å². The first-order valence-electron chi connectivity index (χ1n) is 8.47. The first kappa shape index (κ1) is 19.4. The summed E-state index contributed by atoms with van der Waals surface area (Å²) in [7, 11) is 0.261. The van der Waals surface area contributed by atoms with Crippen LogP contribution in [-0.4, -0.2) is 40.1 Å². The van der Waals surface area contributed by atoms with E-state index in [0.29, 0.717) is 5.75 Å². The van der Waals surface area contributed by atoms with Crippen LogP contribution >= 0.6 is 0 Å². The van der Waals surface area contributed by atoms with E-state index in [1.165, 1.54) is 24.6 Å². The quantitative estimate of drug-likeness (QED) is 0.687. The number of halogens is 1. The first-order chi connectivity index (χ1) is 12.9. The maximum atomic E-state index is 14.6. The van der Waals surface area contributed by atoms with E-state index < -0.39 is 20.7 Å². The van der Waals surface area contributed by atoms with Gasteiger partial charge in [0.15, 0.2) is 11.5 Å². The lowest BCUT2D eigenvalue weighted by molar-refractivity contribution is 0.348. The molecule has 0 spiro atoms. The van der Waals surface area contributed by atoms with E-state index in [1.54, 1.807) is 31.4 Å². The zero-order valence-corrected chi connectivity index (χ0v) is 16.3. The normalized spacial score (nSPS) is 14.3. The average molecular weight is 395 g/mol. The van der Waals surface area contributed by atoms with Crippen LogP contribution in [0.4, 0.5) is 4.39 Å². The highest BCUT2D eigenvalue weighted by molar-refractivity contribution is 7.89. The summed E-state index contributed by atoms with van der Waals surface area (Å²) in [6, 6.07) is 9.21. The monoisotopic (exact) mass is 395 g/mol. The standard InChI is InChI=1S/C19H22FNO5S/c1-24-15-8-4-13(5-9-15)12-21(14-6-7-14)27(22,23)19-11-18(26-3)17(25-2)10-16(19)20/h4-5,8-11,14H,6-7,12H2,1-3H3. The van der Waals surface area contributed by atoms with Crippen LogP contribution < -0.4 is 14.2 Å². The SMILES string of the molecule is COc1ccc(CN(C2CC2)S(=O)(=O)c2cc(OC)c(OC)cc2F)cc1. The second-order valence-corrected chi connectivity index (χ2v) is 8.13. The molecule has 0 atom stereocenters. The second-order valence-electron chi connectivity index (χ2n) is 6.27. The molecule has 6 nitrogen and oxygen atoms in total. The van der Waals surface area contributed by atoms with Crippen LogP contribution in [0.5, 0.6) is 17.2 Å². The molecule has 0 aromatic heterocycles. The number of nitrogens with zero attached hydrogens (tertiary/aromatic N) is 1. The van der Waals surface area contributed by atoms with Crippen molar-refractivity contribution < 1.29 is 27.0 Å². The van der Waals surface area contributed by atoms with E-state index in [4.69, 9.17) is 14.2 Å². The minimum atomic E-state index is -4.05. The Balaban J connectivity index is 1.97. The smallest absolute Gasteiger partial charge is 0.246 e. The van der Waals surface area contributed by atoms with Gasteiger partial charge in [-0.05, 0) is 30.5 Å². The molecule has 2 aromatic rings. The highest BCUT2D eigenvalue weighted by atomic mass is 32.2. The van der Waals surface area contributed by atoms with Crippen molar-refractivity contribution in [3.05, 3.63) is 47.8 Å². The van der Waals surface area contributed by atoms with Crippen molar-refractivity contribution in [2.75, 3.05) is 21.3 Å². The summed E-state index contributed by atoms with van der Waals surface area (Å²) in [5.41, 5.74) is 0.798. The van der Waals surface area contributed by atoms with Gasteiger partial charge in [-0.3, -0.25) is 0 Å². The van der Waals surface area contributed by atoms with Crippen LogP contribution in [0.15, 0.2) is 41.3 Å².